The molecule has 0 saturated carbocycles. The van der Waals surface area contributed by atoms with E-state index in [0.717, 1.165) is 0 Å². The highest BCUT2D eigenvalue weighted by atomic mass is 16.5. The number of hydrogen-bond donors (Lipinski definition) is 1. The van der Waals surface area contributed by atoms with Gasteiger partial charge in [0.05, 0.1) is 12.2 Å². The van der Waals surface area contributed by atoms with Crippen molar-refractivity contribution in [3.63, 3.8) is 0 Å². The second-order valence-corrected chi connectivity index (χ2v) is 4.91. The number of amides is 2. The molecule has 2 aliphatic rings. The Hall–Kier alpha value is -2.08. The van der Waals surface area contributed by atoms with Gasteiger partial charge in [-0.25, -0.2) is 0 Å². The van der Waals surface area contributed by atoms with Gasteiger partial charge in [-0.3, -0.25) is 14.5 Å². The molecule has 2 unspecified atom stereocenters. The Balaban J connectivity index is 1.60. The minimum Gasteiger partial charge on any atom is -0.490 e. The first-order valence-electron chi connectivity index (χ1n) is 6.65. The first kappa shape index (κ1) is 12.9. The van der Waals surface area contributed by atoms with Crippen molar-refractivity contribution in [1.29, 1.82) is 0 Å². The van der Waals surface area contributed by atoms with Gasteiger partial charge in [-0.1, -0.05) is 12.1 Å². The van der Waals surface area contributed by atoms with Crippen molar-refractivity contribution in [2.24, 2.45) is 0 Å². The Morgan fingerprint density at radius 2 is 1.85 bits per heavy atom. The number of anilines is 1. The van der Waals surface area contributed by atoms with E-state index in [1.54, 1.807) is 12.1 Å². The number of nitrogens with two attached hydrogens (primary N) is 1. The normalized spacial score (nSPS) is 25.1. The van der Waals surface area contributed by atoms with E-state index in [1.807, 2.05) is 12.1 Å². The number of nitrogens with zero attached hydrogens (tertiary/aromatic N) is 1. The van der Waals surface area contributed by atoms with Crippen LogP contribution in [0.5, 0.6) is 5.75 Å². The summed E-state index contributed by atoms with van der Waals surface area (Å²) in [5.74, 6) is 0.0467. The molecule has 0 spiro atoms. The number of nitrogen functional groups attached to an aromatic ring is 1. The quantitative estimate of drug-likeness (QED) is 0.642. The zero-order chi connectivity index (χ0) is 14.1. The number of para-hydroxylation sites is 2. The van der Waals surface area contributed by atoms with Crippen LogP contribution in [0.4, 0.5) is 5.69 Å². The van der Waals surface area contributed by atoms with Crippen LogP contribution >= 0.6 is 0 Å². The van der Waals surface area contributed by atoms with Crippen LogP contribution in [0.3, 0.4) is 0 Å². The molecule has 0 aromatic heterocycles. The summed E-state index contributed by atoms with van der Waals surface area (Å²) in [4.78, 5) is 25.2. The minimum atomic E-state index is -0.459. The van der Waals surface area contributed by atoms with E-state index in [-0.39, 0.29) is 25.0 Å². The van der Waals surface area contributed by atoms with Crippen molar-refractivity contribution in [2.75, 3.05) is 18.9 Å². The fraction of sp³-hybridized carbons (Fsp3) is 0.429. The molecular formula is C14H16N2O4. The third kappa shape index (κ3) is 2.22. The van der Waals surface area contributed by atoms with E-state index in [1.165, 1.54) is 4.90 Å². The third-order valence-corrected chi connectivity index (χ3v) is 3.59. The van der Waals surface area contributed by atoms with E-state index in [4.69, 9.17) is 15.2 Å². The van der Waals surface area contributed by atoms with Crippen LogP contribution in [0.2, 0.25) is 0 Å². The van der Waals surface area contributed by atoms with Gasteiger partial charge >= 0.3 is 0 Å². The molecule has 0 radical (unpaired) electrons. The summed E-state index contributed by atoms with van der Waals surface area (Å²) >= 11 is 0. The maximum absolute atomic E-state index is 12.0. The summed E-state index contributed by atoms with van der Waals surface area (Å²) < 4.78 is 10.8. The molecule has 2 aliphatic heterocycles. The number of carbonyl (C=O) groups is 2. The lowest BCUT2D eigenvalue weighted by Crippen LogP contribution is -2.52. The number of likely N-dealkylation sites (tertiary alicyclic amines) is 1. The standard InChI is InChI=1S/C14H16N2O4/c15-9-3-1-2-4-10(9)19-8-7-16-13(17)11-5-6-12(20-11)14(16)18/h1-4,11-12H,5-8,15H2. The zero-order valence-corrected chi connectivity index (χ0v) is 11.0. The molecule has 2 saturated heterocycles. The van der Waals surface area contributed by atoms with Gasteiger partial charge in [0.2, 0.25) is 0 Å². The molecule has 2 bridgehead atoms. The highest BCUT2D eigenvalue weighted by molar-refractivity contribution is 6.02. The van der Waals surface area contributed by atoms with Crippen molar-refractivity contribution < 1.29 is 19.1 Å². The first-order valence-corrected chi connectivity index (χ1v) is 6.65. The summed E-state index contributed by atoms with van der Waals surface area (Å²) in [5.41, 5.74) is 6.29. The fourth-order valence-corrected chi connectivity index (χ4v) is 2.54. The molecule has 6 nitrogen and oxygen atoms in total. The third-order valence-electron chi connectivity index (χ3n) is 3.59. The molecule has 2 N–H and O–H groups in total. The smallest absolute Gasteiger partial charge is 0.258 e. The maximum Gasteiger partial charge on any atom is 0.258 e. The summed E-state index contributed by atoms with van der Waals surface area (Å²) in [6.07, 6.45) is 0.329. The van der Waals surface area contributed by atoms with Crippen molar-refractivity contribution in [3.8, 4) is 5.75 Å². The number of rotatable bonds is 4. The highest BCUT2D eigenvalue weighted by Gasteiger charge is 2.46. The van der Waals surface area contributed by atoms with Crippen LogP contribution in [0.1, 0.15) is 12.8 Å². The Morgan fingerprint density at radius 1 is 1.20 bits per heavy atom. The molecule has 0 aliphatic carbocycles. The van der Waals surface area contributed by atoms with Crippen LogP contribution in [-0.2, 0) is 14.3 Å². The first-order chi connectivity index (χ1) is 9.66. The van der Waals surface area contributed by atoms with Gasteiger partial charge in [0.1, 0.15) is 24.6 Å². The van der Waals surface area contributed by atoms with Crippen molar-refractivity contribution in [2.45, 2.75) is 25.0 Å². The summed E-state index contributed by atoms with van der Waals surface area (Å²) in [6.45, 7) is 0.452. The Kier molecular flexibility index (Phi) is 3.31. The van der Waals surface area contributed by atoms with Gasteiger partial charge in [-0.2, -0.15) is 0 Å². The van der Waals surface area contributed by atoms with Crippen molar-refractivity contribution in [1.82, 2.24) is 4.90 Å². The topological polar surface area (TPSA) is 81.9 Å². The number of carbonyl (C=O) groups excluding carboxylic acids is 2. The average molecular weight is 276 g/mol. The molecule has 20 heavy (non-hydrogen) atoms. The molecule has 1 aromatic rings. The lowest BCUT2D eigenvalue weighted by atomic mass is 10.2. The predicted molar refractivity (Wildman–Crippen MR) is 71.0 cm³/mol. The monoisotopic (exact) mass is 276 g/mol. The molecule has 2 fully saturated rings. The van der Waals surface area contributed by atoms with Gasteiger partial charge < -0.3 is 15.2 Å². The fourth-order valence-electron chi connectivity index (χ4n) is 2.54. The second kappa shape index (κ2) is 5.13. The van der Waals surface area contributed by atoms with Gasteiger partial charge in [0.15, 0.2) is 0 Å². The molecule has 2 atom stereocenters. The number of ether oxygens (including phenoxy) is 2. The average Bonchev–Trinajstić information content (AvgIpc) is 2.89. The Labute approximate surface area is 116 Å². The van der Waals surface area contributed by atoms with Crippen LogP contribution in [0.25, 0.3) is 0 Å². The molecule has 106 valence electrons. The SMILES string of the molecule is Nc1ccccc1OCCN1C(=O)C2CCC(O2)C1=O. The Morgan fingerprint density at radius 3 is 2.50 bits per heavy atom. The lowest BCUT2D eigenvalue weighted by Gasteiger charge is -2.29. The second-order valence-electron chi connectivity index (χ2n) is 4.91. The molecule has 6 heteroatoms. The van der Waals surface area contributed by atoms with Crippen molar-refractivity contribution in [3.05, 3.63) is 24.3 Å². The van der Waals surface area contributed by atoms with Crippen LogP contribution in [-0.4, -0.2) is 42.1 Å². The van der Waals surface area contributed by atoms with Crippen LogP contribution < -0.4 is 10.5 Å². The summed E-state index contributed by atoms with van der Waals surface area (Å²) in [5, 5.41) is 0. The predicted octanol–water partition coefficient (Wildman–Crippen LogP) is 0.564. The molecular weight excluding hydrogens is 260 g/mol. The van der Waals surface area contributed by atoms with Gasteiger partial charge in [0, 0.05) is 0 Å². The van der Waals surface area contributed by atoms with Crippen LogP contribution in [0, 0.1) is 0 Å². The van der Waals surface area contributed by atoms with Gasteiger partial charge in [-0.15, -0.1) is 0 Å². The number of benzene rings is 1. The number of morpholine rings is 1. The molecule has 2 amide bonds. The highest BCUT2D eigenvalue weighted by Crippen LogP contribution is 2.28. The summed E-state index contributed by atoms with van der Waals surface area (Å²) in [7, 11) is 0. The summed E-state index contributed by atoms with van der Waals surface area (Å²) in [6, 6.07) is 7.12. The van der Waals surface area contributed by atoms with Gasteiger partial charge in [0.25, 0.3) is 11.8 Å². The minimum absolute atomic E-state index is 0.225. The number of imide groups is 1. The van der Waals surface area contributed by atoms with E-state index in [2.05, 4.69) is 0 Å². The zero-order valence-electron chi connectivity index (χ0n) is 11.0. The van der Waals surface area contributed by atoms with E-state index in [0.29, 0.717) is 24.3 Å². The number of fused-ring (bicyclic) bond motifs is 2. The Bertz CT molecular complexity index is 524. The van der Waals surface area contributed by atoms with Crippen molar-refractivity contribution >= 4 is 17.5 Å². The van der Waals surface area contributed by atoms with Gasteiger partial charge in [-0.05, 0) is 25.0 Å². The molecule has 2 heterocycles. The van der Waals surface area contributed by atoms with Crippen LogP contribution in [0.15, 0.2) is 24.3 Å². The maximum atomic E-state index is 12.0. The van der Waals surface area contributed by atoms with E-state index >= 15 is 0 Å². The largest absolute Gasteiger partial charge is 0.490 e. The van der Waals surface area contributed by atoms with E-state index in [9.17, 15) is 9.59 Å². The lowest BCUT2D eigenvalue weighted by molar-refractivity contribution is -0.168. The molecule has 3 rings (SSSR count). The number of hydrogen-bond acceptors (Lipinski definition) is 5. The van der Waals surface area contributed by atoms with E-state index < -0.39 is 12.2 Å². The molecule has 1 aromatic carbocycles.